The zero-order valence-electron chi connectivity index (χ0n) is 14.3. The van der Waals surface area contributed by atoms with E-state index >= 15 is 0 Å². The molecule has 0 aliphatic carbocycles. The third kappa shape index (κ3) is 3.60. The van der Waals surface area contributed by atoms with E-state index in [1.807, 2.05) is 6.92 Å². The van der Waals surface area contributed by atoms with Crippen molar-refractivity contribution in [1.29, 1.82) is 0 Å². The molecule has 0 bridgehead atoms. The van der Waals surface area contributed by atoms with Gasteiger partial charge in [-0.15, -0.1) is 0 Å². The molecular formula is C19H17ClFN3O2. The number of benzene rings is 2. The monoisotopic (exact) mass is 373 g/mol. The molecular weight excluding hydrogens is 357 g/mol. The van der Waals surface area contributed by atoms with Gasteiger partial charge in [-0.1, -0.05) is 23.7 Å². The van der Waals surface area contributed by atoms with E-state index in [-0.39, 0.29) is 29.9 Å². The van der Waals surface area contributed by atoms with Gasteiger partial charge in [0, 0.05) is 12.1 Å². The van der Waals surface area contributed by atoms with Crippen molar-refractivity contribution in [2.75, 3.05) is 7.05 Å². The average Bonchev–Trinajstić information content (AvgIpc) is 2.63. The molecule has 0 aliphatic rings. The zero-order valence-corrected chi connectivity index (χ0v) is 15.1. The van der Waals surface area contributed by atoms with Gasteiger partial charge in [0.15, 0.2) is 0 Å². The van der Waals surface area contributed by atoms with Crippen molar-refractivity contribution in [3.8, 4) is 0 Å². The maximum Gasteiger partial charge on any atom is 0.261 e. The van der Waals surface area contributed by atoms with Gasteiger partial charge < -0.3 is 4.90 Å². The molecule has 26 heavy (non-hydrogen) atoms. The molecule has 0 saturated carbocycles. The fourth-order valence-corrected chi connectivity index (χ4v) is 2.85. The van der Waals surface area contributed by atoms with Gasteiger partial charge in [-0.05, 0) is 42.8 Å². The van der Waals surface area contributed by atoms with Crippen LogP contribution in [0.5, 0.6) is 0 Å². The number of hydrogen-bond donors (Lipinski definition) is 0. The van der Waals surface area contributed by atoms with Gasteiger partial charge >= 0.3 is 0 Å². The van der Waals surface area contributed by atoms with Crippen molar-refractivity contribution in [3.63, 3.8) is 0 Å². The van der Waals surface area contributed by atoms with E-state index in [0.29, 0.717) is 15.9 Å². The summed E-state index contributed by atoms with van der Waals surface area (Å²) in [5.41, 5.74) is 1.00. The summed E-state index contributed by atoms with van der Waals surface area (Å²) in [4.78, 5) is 30.9. The predicted molar refractivity (Wildman–Crippen MR) is 98.6 cm³/mol. The quantitative estimate of drug-likeness (QED) is 0.704. The highest BCUT2D eigenvalue weighted by molar-refractivity contribution is 6.31. The summed E-state index contributed by atoms with van der Waals surface area (Å²) < 4.78 is 14.3. The first-order valence-electron chi connectivity index (χ1n) is 8.02. The third-order valence-electron chi connectivity index (χ3n) is 4.42. The summed E-state index contributed by atoms with van der Waals surface area (Å²) in [6.07, 6.45) is 1.35. The van der Waals surface area contributed by atoms with Gasteiger partial charge in [-0.25, -0.2) is 9.37 Å². The predicted octanol–water partition coefficient (Wildman–Crippen LogP) is 3.41. The Morgan fingerprint density at radius 2 is 1.96 bits per heavy atom. The summed E-state index contributed by atoms with van der Waals surface area (Å²) in [5.74, 6) is -0.588. The lowest BCUT2D eigenvalue weighted by molar-refractivity contribution is -0.132. The van der Waals surface area contributed by atoms with Gasteiger partial charge in [-0.2, -0.15) is 0 Å². The Labute approximate surface area is 154 Å². The number of fused-ring (bicyclic) bond motifs is 1. The van der Waals surface area contributed by atoms with E-state index in [4.69, 9.17) is 11.6 Å². The van der Waals surface area contributed by atoms with Crippen LogP contribution >= 0.6 is 11.6 Å². The van der Waals surface area contributed by atoms with Crippen molar-refractivity contribution in [2.24, 2.45) is 0 Å². The van der Waals surface area contributed by atoms with Crippen LogP contribution in [-0.4, -0.2) is 27.4 Å². The molecule has 3 aromatic rings. The molecule has 2 aromatic carbocycles. The Kier molecular flexibility index (Phi) is 5.04. The number of amides is 1. The lowest BCUT2D eigenvalue weighted by Crippen LogP contribution is -2.35. The van der Waals surface area contributed by atoms with E-state index in [1.54, 1.807) is 31.3 Å². The molecule has 1 amide bonds. The Hall–Kier alpha value is -2.73. The molecule has 0 spiro atoms. The minimum Gasteiger partial charge on any atom is -0.337 e. The van der Waals surface area contributed by atoms with E-state index in [9.17, 15) is 14.0 Å². The van der Waals surface area contributed by atoms with E-state index < -0.39 is 0 Å². The van der Waals surface area contributed by atoms with Crippen LogP contribution in [0.15, 0.2) is 53.6 Å². The smallest absolute Gasteiger partial charge is 0.261 e. The lowest BCUT2D eigenvalue weighted by atomic mass is 10.1. The second-order valence-electron chi connectivity index (χ2n) is 6.07. The highest BCUT2D eigenvalue weighted by Gasteiger charge is 2.18. The number of likely N-dealkylation sites (N-methyl/N-ethyl adjacent to an activating group) is 1. The topological polar surface area (TPSA) is 55.2 Å². The van der Waals surface area contributed by atoms with Crippen LogP contribution < -0.4 is 5.56 Å². The Balaban J connectivity index is 1.83. The number of nitrogens with zero attached hydrogens (tertiary/aromatic N) is 3. The molecule has 1 heterocycles. The van der Waals surface area contributed by atoms with Crippen molar-refractivity contribution in [1.82, 2.24) is 14.5 Å². The highest BCUT2D eigenvalue weighted by Crippen LogP contribution is 2.19. The molecule has 0 fully saturated rings. The fourth-order valence-electron chi connectivity index (χ4n) is 2.68. The first-order valence-corrected chi connectivity index (χ1v) is 8.40. The first kappa shape index (κ1) is 18.1. The van der Waals surface area contributed by atoms with Crippen LogP contribution in [0, 0.1) is 5.82 Å². The minimum atomic E-state index is -0.331. The molecule has 1 atom stereocenters. The summed E-state index contributed by atoms with van der Waals surface area (Å²) in [6, 6.07) is 10.6. The van der Waals surface area contributed by atoms with Crippen molar-refractivity contribution in [3.05, 3.63) is 75.5 Å². The molecule has 0 radical (unpaired) electrons. The lowest BCUT2D eigenvalue weighted by Gasteiger charge is -2.25. The number of hydrogen-bond acceptors (Lipinski definition) is 3. The highest BCUT2D eigenvalue weighted by atomic mass is 35.5. The van der Waals surface area contributed by atoms with Gasteiger partial charge in [0.2, 0.25) is 5.91 Å². The van der Waals surface area contributed by atoms with Crippen LogP contribution in [0.1, 0.15) is 18.5 Å². The summed E-state index contributed by atoms with van der Waals surface area (Å²) in [5, 5.41) is 0.796. The summed E-state index contributed by atoms with van der Waals surface area (Å²) in [6.45, 7) is 1.70. The molecule has 134 valence electrons. The van der Waals surface area contributed by atoms with Crippen LogP contribution in [-0.2, 0) is 11.3 Å². The SMILES string of the molecule is CC(c1ccc(F)cc1)N(C)C(=O)Cn1cnc2ccc(Cl)cc2c1=O. The standard InChI is InChI=1S/C19H17ClFN3O2/c1-12(13-3-6-15(21)7-4-13)23(2)18(25)10-24-11-22-17-8-5-14(20)9-16(17)19(24)26/h3-9,11-12H,10H2,1-2H3. The molecule has 7 heteroatoms. The van der Waals surface area contributed by atoms with E-state index in [2.05, 4.69) is 4.98 Å². The minimum absolute atomic E-state index is 0.143. The number of halogens is 2. The molecule has 0 N–H and O–H groups in total. The van der Waals surface area contributed by atoms with Crippen molar-refractivity contribution in [2.45, 2.75) is 19.5 Å². The van der Waals surface area contributed by atoms with Gasteiger partial charge in [-0.3, -0.25) is 14.2 Å². The maximum absolute atomic E-state index is 13.1. The molecule has 1 unspecified atom stereocenters. The normalized spacial score (nSPS) is 12.2. The van der Waals surface area contributed by atoms with Crippen LogP contribution in [0.4, 0.5) is 4.39 Å². The zero-order chi connectivity index (χ0) is 18.8. The Morgan fingerprint density at radius 1 is 1.27 bits per heavy atom. The van der Waals surface area contributed by atoms with Gasteiger partial charge in [0.1, 0.15) is 12.4 Å². The number of carbonyl (C=O) groups is 1. The number of rotatable bonds is 4. The van der Waals surface area contributed by atoms with Crippen LogP contribution in [0.3, 0.4) is 0 Å². The Morgan fingerprint density at radius 3 is 2.65 bits per heavy atom. The second kappa shape index (κ2) is 7.25. The van der Waals surface area contributed by atoms with Crippen LogP contribution in [0.25, 0.3) is 10.9 Å². The first-order chi connectivity index (χ1) is 12.4. The van der Waals surface area contributed by atoms with Crippen molar-refractivity contribution < 1.29 is 9.18 Å². The molecule has 3 rings (SSSR count). The maximum atomic E-state index is 13.1. The number of carbonyl (C=O) groups excluding carboxylic acids is 1. The molecule has 0 saturated heterocycles. The van der Waals surface area contributed by atoms with Gasteiger partial charge in [0.05, 0.1) is 23.3 Å². The average molecular weight is 374 g/mol. The Bertz CT molecular complexity index is 1020. The summed E-state index contributed by atoms with van der Waals surface area (Å²) >= 11 is 5.94. The van der Waals surface area contributed by atoms with Gasteiger partial charge in [0.25, 0.3) is 5.56 Å². The van der Waals surface area contributed by atoms with Crippen LogP contribution in [0.2, 0.25) is 5.02 Å². The molecule has 0 aliphatic heterocycles. The van der Waals surface area contributed by atoms with E-state index in [1.165, 1.54) is 34.0 Å². The fraction of sp³-hybridized carbons (Fsp3) is 0.211. The van der Waals surface area contributed by atoms with E-state index in [0.717, 1.165) is 5.56 Å². The van der Waals surface area contributed by atoms with Crippen molar-refractivity contribution >= 4 is 28.4 Å². The summed E-state index contributed by atoms with van der Waals surface area (Å²) in [7, 11) is 1.65. The largest absolute Gasteiger partial charge is 0.337 e. The third-order valence-corrected chi connectivity index (χ3v) is 4.65. The number of aromatic nitrogens is 2. The molecule has 1 aromatic heterocycles. The molecule has 5 nitrogen and oxygen atoms in total. The second-order valence-corrected chi connectivity index (χ2v) is 6.51.